The first-order valence-electron chi connectivity index (χ1n) is 7.94. The normalized spacial score (nSPS) is 17.0. The van der Waals surface area contributed by atoms with Crippen molar-refractivity contribution in [1.29, 1.82) is 0 Å². The van der Waals surface area contributed by atoms with E-state index in [4.69, 9.17) is 4.74 Å². The number of amides is 2. The summed E-state index contributed by atoms with van der Waals surface area (Å²) in [5.74, 6) is -1.13. The highest BCUT2D eigenvalue weighted by molar-refractivity contribution is 9.11. The molecular weight excluding hydrogens is 449 g/mol. The van der Waals surface area contributed by atoms with Crippen molar-refractivity contribution in [2.24, 2.45) is 0 Å². The molecule has 0 bridgehead atoms. The highest BCUT2D eigenvalue weighted by atomic mass is 79.9. The van der Waals surface area contributed by atoms with Gasteiger partial charge in [0.2, 0.25) is 0 Å². The molecule has 1 aromatic carbocycles. The topological polar surface area (TPSA) is 67.4 Å². The smallest absolute Gasteiger partial charge is 0.368 e. The van der Waals surface area contributed by atoms with Crippen LogP contribution in [0.3, 0.4) is 0 Å². The standard InChI is InChI=1S/C17H14BrF3N2O3S/c18-14-6-5-13(27-14)16(25)23-11-4-3-9(8-10(11)17(19,20)21)22-15(24)12-2-1-7-26-12/h3-6,8,12H,1-2,7H2,(H,22,24)(H,23,25). The Labute approximate surface area is 165 Å². The number of carbonyl (C=O) groups is 2. The second kappa shape index (κ2) is 7.99. The van der Waals surface area contributed by atoms with Crippen LogP contribution >= 0.6 is 27.3 Å². The lowest BCUT2D eigenvalue weighted by Crippen LogP contribution is -2.27. The van der Waals surface area contributed by atoms with Crippen LogP contribution in [0.25, 0.3) is 0 Å². The predicted molar refractivity (Wildman–Crippen MR) is 99.0 cm³/mol. The molecule has 2 N–H and O–H groups in total. The van der Waals surface area contributed by atoms with Crippen molar-refractivity contribution in [1.82, 2.24) is 0 Å². The van der Waals surface area contributed by atoms with Gasteiger partial charge in [0, 0.05) is 12.3 Å². The molecule has 1 aliphatic heterocycles. The average molecular weight is 463 g/mol. The van der Waals surface area contributed by atoms with E-state index < -0.39 is 29.7 Å². The van der Waals surface area contributed by atoms with Gasteiger partial charge in [-0.15, -0.1) is 11.3 Å². The van der Waals surface area contributed by atoms with Gasteiger partial charge in [0.25, 0.3) is 11.8 Å². The molecule has 0 saturated carbocycles. The van der Waals surface area contributed by atoms with Gasteiger partial charge in [0.05, 0.1) is 19.9 Å². The highest BCUT2D eigenvalue weighted by Gasteiger charge is 2.35. The third kappa shape index (κ3) is 4.88. The fourth-order valence-corrected chi connectivity index (χ4v) is 3.87. The second-order valence-electron chi connectivity index (χ2n) is 5.81. The number of benzene rings is 1. The highest BCUT2D eigenvalue weighted by Crippen LogP contribution is 2.37. The lowest BCUT2D eigenvalue weighted by atomic mass is 10.1. The zero-order valence-corrected chi connectivity index (χ0v) is 16.1. The third-order valence-electron chi connectivity index (χ3n) is 3.86. The monoisotopic (exact) mass is 462 g/mol. The van der Waals surface area contributed by atoms with Gasteiger partial charge in [-0.3, -0.25) is 9.59 Å². The summed E-state index contributed by atoms with van der Waals surface area (Å²) in [6, 6.07) is 6.37. The van der Waals surface area contributed by atoms with Gasteiger partial charge in [-0.25, -0.2) is 0 Å². The number of carbonyl (C=O) groups excluding carboxylic acids is 2. The van der Waals surface area contributed by atoms with E-state index in [2.05, 4.69) is 26.6 Å². The number of thiophene rings is 1. The largest absolute Gasteiger partial charge is 0.418 e. The maximum atomic E-state index is 13.4. The van der Waals surface area contributed by atoms with Crippen LogP contribution in [-0.4, -0.2) is 24.5 Å². The molecule has 1 aliphatic rings. The summed E-state index contributed by atoms with van der Waals surface area (Å²) in [6.07, 6.45) is -4.10. The van der Waals surface area contributed by atoms with Crippen molar-refractivity contribution in [3.8, 4) is 0 Å². The Balaban J connectivity index is 1.81. The van der Waals surface area contributed by atoms with Gasteiger partial charge < -0.3 is 15.4 Å². The maximum Gasteiger partial charge on any atom is 0.418 e. The van der Waals surface area contributed by atoms with E-state index in [0.29, 0.717) is 16.8 Å². The van der Waals surface area contributed by atoms with Crippen LogP contribution < -0.4 is 10.6 Å². The fourth-order valence-electron chi connectivity index (χ4n) is 2.59. The summed E-state index contributed by atoms with van der Waals surface area (Å²) in [5, 5.41) is 4.71. The maximum absolute atomic E-state index is 13.4. The molecule has 0 aliphatic carbocycles. The number of hydrogen-bond donors (Lipinski definition) is 2. The van der Waals surface area contributed by atoms with Crippen LogP contribution in [0.5, 0.6) is 0 Å². The number of nitrogens with one attached hydrogen (secondary N) is 2. The minimum atomic E-state index is -4.71. The van der Waals surface area contributed by atoms with Gasteiger partial charge in [-0.05, 0) is 59.1 Å². The number of anilines is 2. The molecule has 10 heteroatoms. The number of ether oxygens (including phenoxy) is 1. The number of rotatable bonds is 4. The molecule has 0 radical (unpaired) electrons. The number of alkyl halides is 3. The van der Waals surface area contributed by atoms with E-state index in [1.165, 1.54) is 12.1 Å². The van der Waals surface area contributed by atoms with Crippen molar-refractivity contribution < 1.29 is 27.5 Å². The molecule has 2 aromatic rings. The molecule has 3 rings (SSSR count). The van der Waals surface area contributed by atoms with Gasteiger partial charge in [0.1, 0.15) is 6.10 Å². The Hall–Kier alpha value is -1.91. The van der Waals surface area contributed by atoms with Crippen LogP contribution in [0.1, 0.15) is 28.1 Å². The lowest BCUT2D eigenvalue weighted by molar-refractivity contribution is -0.137. The Kier molecular flexibility index (Phi) is 5.87. The first kappa shape index (κ1) is 19.8. The van der Waals surface area contributed by atoms with Gasteiger partial charge in [-0.2, -0.15) is 13.2 Å². The molecule has 5 nitrogen and oxygen atoms in total. The second-order valence-corrected chi connectivity index (χ2v) is 8.27. The summed E-state index contributed by atoms with van der Waals surface area (Å²) in [4.78, 5) is 24.5. The molecule has 27 heavy (non-hydrogen) atoms. The molecule has 1 unspecified atom stereocenters. The molecule has 1 saturated heterocycles. The van der Waals surface area contributed by atoms with Crippen molar-refractivity contribution in [2.75, 3.05) is 17.2 Å². The van der Waals surface area contributed by atoms with Crippen molar-refractivity contribution in [2.45, 2.75) is 25.1 Å². The molecule has 2 heterocycles. The van der Waals surface area contributed by atoms with Crippen LogP contribution in [0.2, 0.25) is 0 Å². The molecule has 0 spiro atoms. The minimum absolute atomic E-state index is 0.0142. The van der Waals surface area contributed by atoms with Crippen molar-refractivity contribution in [3.05, 3.63) is 44.6 Å². The Bertz CT molecular complexity index is 863. The fraction of sp³-hybridized carbons (Fsp3) is 0.294. The van der Waals surface area contributed by atoms with E-state index >= 15 is 0 Å². The van der Waals surface area contributed by atoms with Gasteiger partial charge >= 0.3 is 6.18 Å². The van der Waals surface area contributed by atoms with E-state index in [0.717, 1.165) is 29.9 Å². The zero-order valence-electron chi connectivity index (χ0n) is 13.7. The zero-order chi connectivity index (χ0) is 19.6. The molecule has 1 aromatic heterocycles. The lowest BCUT2D eigenvalue weighted by Gasteiger charge is -2.16. The van der Waals surface area contributed by atoms with Gasteiger partial charge in [0.15, 0.2) is 0 Å². The summed E-state index contributed by atoms with van der Waals surface area (Å²) in [6.45, 7) is 0.454. The first-order chi connectivity index (χ1) is 12.7. The van der Waals surface area contributed by atoms with E-state index in [-0.39, 0.29) is 16.3 Å². The van der Waals surface area contributed by atoms with Gasteiger partial charge in [-0.1, -0.05) is 0 Å². The van der Waals surface area contributed by atoms with Crippen molar-refractivity contribution >= 4 is 50.5 Å². The molecule has 1 atom stereocenters. The third-order valence-corrected chi connectivity index (χ3v) is 5.48. The van der Waals surface area contributed by atoms with E-state index in [1.807, 2.05) is 0 Å². The average Bonchev–Trinajstić information content (AvgIpc) is 3.26. The minimum Gasteiger partial charge on any atom is -0.368 e. The predicted octanol–water partition coefficient (Wildman–Crippen LogP) is 4.90. The molecule has 144 valence electrons. The quantitative estimate of drug-likeness (QED) is 0.678. The van der Waals surface area contributed by atoms with Crippen molar-refractivity contribution in [3.63, 3.8) is 0 Å². The van der Waals surface area contributed by atoms with Crippen LogP contribution in [0, 0.1) is 0 Å². The Morgan fingerprint density at radius 3 is 2.56 bits per heavy atom. The first-order valence-corrected chi connectivity index (χ1v) is 9.55. The summed E-state index contributed by atoms with van der Waals surface area (Å²) < 4.78 is 46.2. The Morgan fingerprint density at radius 2 is 1.96 bits per heavy atom. The van der Waals surface area contributed by atoms with Crippen LogP contribution in [0.4, 0.5) is 24.5 Å². The summed E-state index contributed by atoms with van der Waals surface area (Å²) >= 11 is 4.31. The SMILES string of the molecule is O=C(Nc1ccc(NC(=O)C2CCCO2)cc1C(F)(F)F)c1ccc(Br)s1. The van der Waals surface area contributed by atoms with Crippen LogP contribution in [-0.2, 0) is 15.7 Å². The molecule has 2 amide bonds. The molecular formula is C17H14BrF3N2O3S. The number of hydrogen-bond acceptors (Lipinski definition) is 4. The summed E-state index contributed by atoms with van der Waals surface area (Å²) in [7, 11) is 0. The van der Waals surface area contributed by atoms with E-state index in [9.17, 15) is 22.8 Å². The summed E-state index contributed by atoms with van der Waals surface area (Å²) in [5.41, 5.74) is -1.44. The van der Waals surface area contributed by atoms with E-state index in [1.54, 1.807) is 6.07 Å². The number of halogens is 4. The Morgan fingerprint density at radius 1 is 1.19 bits per heavy atom. The van der Waals surface area contributed by atoms with Crippen LogP contribution in [0.15, 0.2) is 34.1 Å². The molecule has 1 fully saturated rings.